The second kappa shape index (κ2) is 33.3. The van der Waals surface area contributed by atoms with Crippen molar-refractivity contribution in [1.29, 1.82) is 0 Å². The van der Waals surface area contributed by atoms with Gasteiger partial charge in [-0.25, -0.2) is 0 Å². The van der Waals surface area contributed by atoms with Crippen LogP contribution in [0.25, 0.3) is 22.3 Å². The number of ether oxygens (including phenoxy) is 2. The van der Waals surface area contributed by atoms with Crippen molar-refractivity contribution in [3.8, 4) is 33.8 Å². The van der Waals surface area contributed by atoms with Crippen molar-refractivity contribution in [2.75, 3.05) is 52.9 Å². The minimum atomic E-state index is -0.312. The highest BCUT2D eigenvalue weighted by Crippen LogP contribution is 2.35. The van der Waals surface area contributed by atoms with Crippen molar-refractivity contribution in [2.45, 2.75) is 123 Å². The summed E-state index contributed by atoms with van der Waals surface area (Å²) in [5, 5.41) is 14.6. The summed E-state index contributed by atoms with van der Waals surface area (Å²) in [4.78, 5) is 112. The first kappa shape index (κ1) is 72.7. The van der Waals surface area contributed by atoms with E-state index in [0.717, 1.165) is 143 Å². The second-order valence-electron chi connectivity index (χ2n) is 27.1. The number of anilines is 5. The molecule has 103 heavy (non-hydrogen) atoms. The Morgan fingerprint density at radius 2 is 0.854 bits per heavy atom. The Morgan fingerprint density at radius 1 is 0.447 bits per heavy atom. The Bertz CT molecular complexity index is 4630. The first-order valence-electron chi connectivity index (χ1n) is 35.2. The molecule has 4 aliphatic rings. The molecule has 9 aromatic rings. The van der Waals surface area contributed by atoms with Gasteiger partial charge in [0.1, 0.15) is 28.6 Å². The summed E-state index contributed by atoms with van der Waals surface area (Å²) >= 11 is 0. The SMILES string of the molecule is Cc1cc2c(cc1OCCCC(=O)Nc1cc(C(=O)Nc3ccc(-c4ccn(C)c4)cc3)n(C)c1)CC[C@@H]1CCCCN1C2=O.Cc1ccc(NC(=O)c2cc(-c3ccc(NC(=O)c4cc(NC(=O)CCCOc5cc6c(cc5C)C(=O)N5CCCC[C@H]5CC6)cn4C)cc3)cn2C)cc1.O=C=O. The highest BCUT2D eigenvalue weighted by molar-refractivity contribution is 6.07. The number of aromatic nitrogens is 4. The maximum absolute atomic E-state index is 13.3. The monoisotopic (exact) mass is 1390 g/mol. The Hall–Kier alpha value is -11.5. The van der Waals surface area contributed by atoms with E-state index in [0.29, 0.717) is 78.0 Å². The van der Waals surface area contributed by atoms with Crippen LogP contribution < -0.4 is 36.1 Å². The maximum atomic E-state index is 13.3. The number of benzene rings is 5. The molecule has 22 heteroatoms. The molecule has 7 amide bonds. The topological polar surface area (TPSA) is 258 Å². The second-order valence-corrected chi connectivity index (χ2v) is 27.1. The normalized spacial score (nSPS) is 15.1. The van der Waals surface area contributed by atoms with E-state index in [-0.39, 0.29) is 60.3 Å². The Morgan fingerprint density at radius 3 is 1.28 bits per heavy atom. The minimum Gasteiger partial charge on any atom is -0.493 e. The molecule has 0 aliphatic carbocycles. The highest BCUT2D eigenvalue weighted by atomic mass is 16.5. The molecule has 4 aromatic heterocycles. The van der Waals surface area contributed by atoms with Crippen LogP contribution in [0.15, 0.2) is 152 Å². The lowest BCUT2D eigenvalue weighted by Crippen LogP contribution is -2.42. The molecule has 2 saturated heterocycles. The molecule has 534 valence electrons. The van der Waals surface area contributed by atoms with E-state index in [9.17, 15) is 33.6 Å². The molecule has 0 unspecified atom stereocenters. The third-order valence-electron chi connectivity index (χ3n) is 19.5. The first-order chi connectivity index (χ1) is 49.7. The van der Waals surface area contributed by atoms with Crippen LogP contribution in [-0.2, 0) is 60.2 Å². The molecular formula is C81H89N11O11. The van der Waals surface area contributed by atoms with Gasteiger partial charge in [-0.1, -0.05) is 42.0 Å². The van der Waals surface area contributed by atoms with Crippen LogP contribution in [0, 0.1) is 20.8 Å². The number of carbonyl (C=O) groups is 7. The Labute approximate surface area is 599 Å². The number of carbonyl (C=O) groups excluding carboxylic acids is 9. The number of hydrogen-bond donors (Lipinski definition) is 5. The molecule has 2 fully saturated rings. The molecule has 8 heterocycles. The van der Waals surface area contributed by atoms with Gasteiger partial charge in [0.2, 0.25) is 11.8 Å². The first-order valence-corrected chi connectivity index (χ1v) is 35.2. The summed E-state index contributed by atoms with van der Waals surface area (Å²) in [6.45, 7) is 8.38. The molecule has 0 radical (unpaired) electrons. The van der Waals surface area contributed by atoms with Crippen LogP contribution in [0.4, 0.5) is 28.4 Å². The zero-order valence-electron chi connectivity index (χ0n) is 59.5. The quantitative estimate of drug-likeness (QED) is 0.0448. The molecular weight excluding hydrogens is 1300 g/mol. The van der Waals surface area contributed by atoms with Gasteiger partial charge in [-0.3, -0.25) is 33.6 Å². The average molecular weight is 1390 g/mol. The van der Waals surface area contributed by atoms with Gasteiger partial charge in [0.15, 0.2) is 0 Å². The van der Waals surface area contributed by atoms with Gasteiger partial charge in [0.25, 0.3) is 29.5 Å². The fraction of sp³-hybridized carbons (Fsp3) is 0.333. The highest BCUT2D eigenvalue weighted by Gasteiger charge is 2.34. The van der Waals surface area contributed by atoms with E-state index in [4.69, 9.17) is 19.1 Å². The summed E-state index contributed by atoms with van der Waals surface area (Å²) in [7, 11) is 7.35. The third kappa shape index (κ3) is 18.2. The molecule has 5 aromatic carbocycles. The van der Waals surface area contributed by atoms with Crippen molar-refractivity contribution >= 4 is 75.9 Å². The van der Waals surface area contributed by atoms with E-state index in [1.165, 1.54) is 12.8 Å². The number of rotatable bonds is 20. The van der Waals surface area contributed by atoms with E-state index < -0.39 is 0 Å². The van der Waals surface area contributed by atoms with Crippen LogP contribution >= 0.6 is 0 Å². The number of piperidine rings is 2. The number of fused-ring (bicyclic) bond motifs is 4. The van der Waals surface area contributed by atoms with Crippen molar-refractivity contribution < 1.29 is 52.6 Å². The fourth-order valence-corrected chi connectivity index (χ4v) is 14.0. The zero-order valence-corrected chi connectivity index (χ0v) is 59.5. The lowest BCUT2D eigenvalue weighted by atomic mass is 9.97. The number of aryl methyl sites for hydroxylation is 9. The minimum absolute atomic E-state index is 0.139. The van der Waals surface area contributed by atoms with Crippen LogP contribution in [-0.4, -0.2) is 114 Å². The van der Waals surface area contributed by atoms with Crippen molar-refractivity contribution in [3.63, 3.8) is 0 Å². The van der Waals surface area contributed by atoms with Gasteiger partial charge in [0.05, 0.1) is 24.6 Å². The van der Waals surface area contributed by atoms with E-state index in [1.807, 2.05) is 167 Å². The Kier molecular flexibility index (Phi) is 23.5. The smallest absolute Gasteiger partial charge is 0.373 e. The summed E-state index contributed by atoms with van der Waals surface area (Å²) in [6.07, 6.45) is 21.6. The van der Waals surface area contributed by atoms with Gasteiger partial charge in [-0.2, -0.15) is 9.59 Å². The van der Waals surface area contributed by atoms with Crippen molar-refractivity contribution in [2.24, 2.45) is 28.2 Å². The average Bonchev–Trinajstić information content (AvgIpc) is 1.73. The molecule has 2 atom stereocenters. The van der Waals surface area contributed by atoms with Crippen molar-refractivity contribution in [1.82, 2.24) is 28.1 Å². The summed E-state index contributed by atoms with van der Waals surface area (Å²) in [5.74, 6) is 0.736. The van der Waals surface area contributed by atoms with E-state index in [1.54, 1.807) is 52.3 Å². The van der Waals surface area contributed by atoms with Gasteiger partial charge < -0.3 is 64.1 Å². The molecule has 13 rings (SSSR count). The number of hydrogen-bond acceptors (Lipinski definition) is 11. The summed E-state index contributed by atoms with van der Waals surface area (Å²) < 4.78 is 19.3. The summed E-state index contributed by atoms with van der Waals surface area (Å²) in [5.41, 5.74) is 15.1. The predicted octanol–water partition coefficient (Wildman–Crippen LogP) is 13.6. The molecule has 0 spiro atoms. The standard InChI is InChI=1S/C44H48N6O5.C36H41N5O4.CO2/c1-28-10-15-33(16-11-28)46-42(52)38-23-32(26-48(38)3)30-12-17-34(18-13-30)47-43(53)39-25-35(27-49(39)4)45-41(51)9-7-21-55-40-24-31-14-19-36-8-5-6-20-50(36)44(54)37(31)22-29(40)2;1-24-19-31-26(11-14-30-7-4-5-16-41(30)36(31)44)20-33(24)45-18-6-8-34(42)37-29-21-32(40(3)23-29)35(43)38-28-12-9-25(10-13-28)27-15-17-39(2)22-27;2-1-3/h10-13,15-18,22-27,36H,5-9,14,19-21H2,1-4H3,(H,45,51)(H,46,52)(H,47,53);9-10,12-13,15,17,19-23,30H,4-8,11,14,16,18H2,1-3H3,(H,37,42)(H,38,43);/t36-;30-;/m00./s1. The van der Waals surface area contributed by atoms with E-state index >= 15 is 0 Å². The van der Waals surface area contributed by atoms with Crippen LogP contribution in [0.3, 0.4) is 0 Å². The Balaban J connectivity index is 0.000000203. The lowest BCUT2D eigenvalue weighted by molar-refractivity contribution is -0.191. The van der Waals surface area contributed by atoms with Gasteiger partial charge in [-0.15, -0.1) is 0 Å². The van der Waals surface area contributed by atoms with Crippen LogP contribution in [0.1, 0.15) is 157 Å². The zero-order chi connectivity index (χ0) is 72.8. The molecule has 0 saturated carbocycles. The molecule has 4 aliphatic heterocycles. The molecule has 5 N–H and O–H groups in total. The lowest BCUT2D eigenvalue weighted by Gasteiger charge is -2.34. The molecule has 0 bridgehead atoms. The van der Waals surface area contributed by atoms with Gasteiger partial charge in [0, 0.05) is 131 Å². The predicted molar refractivity (Wildman–Crippen MR) is 396 cm³/mol. The summed E-state index contributed by atoms with van der Waals surface area (Å²) in [6, 6.07) is 38.6. The molecule has 22 nitrogen and oxygen atoms in total. The van der Waals surface area contributed by atoms with Gasteiger partial charge >= 0.3 is 6.15 Å². The fourth-order valence-electron chi connectivity index (χ4n) is 14.0. The maximum Gasteiger partial charge on any atom is 0.373 e. The van der Waals surface area contributed by atoms with Crippen LogP contribution in [0.5, 0.6) is 11.5 Å². The van der Waals surface area contributed by atoms with E-state index in [2.05, 4.69) is 36.4 Å². The van der Waals surface area contributed by atoms with Gasteiger partial charge in [-0.05, 0) is 222 Å². The third-order valence-corrected chi connectivity index (χ3v) is 19.5. The largest absolute Gasteiger partial charge is 0.493 e. The van der Waals surface area contributed by atoms with Crippen molar-refractivity contribution in [3.05, 3.63) is 208 Å². The van der Waals surface area contributed by atoms with Crippen LogP contribution in [0.2, 0.25) is 0 Å². The number of nitrogens with zero attached hydrogens (tertiary/aromatic N) is 6. The number of nitrogens with one attached hydrogen (secondary N) is 5. The number of amides is 7.